The summed E-state index contributed by atoms with van der Waals surface area (Å²) in [6, 6.07) is 5.28. The van der Waals surface area contributed by atoms with Gasteiger partial charge in [-0.1, -0.05) is 11.6 Å². The zero-order valence-electron chi connectivity index (χ0n) is 14.0. The van der Waals surface area contributed by atoms with E-state index in [1.54, 1.807) is 17.0 Å². The number of carboxylic acid groups (broad SMARTS) is 1. The summed E-state index contributed by atoms with van der Waals surface area (Å²) in [7, 11) is 0. The molecule has 0 radical (unpaired) electrons. The number of likely N-dealkylation sites (tertiary alicyclic amines) is 1. The SMILES string of the molecule is O=C1Nc2cc(Cl)ccc2SC1CC(=O)N1C[C@H](C(=O)O)[C@@H](C2CC2)C1. The van der Waals surface area contributed by atoms with Crippen LogP contribution in [-0.2, 0) is 14.4 Å². The van der Waals surface area contributed by atoms with Gasteiger partial charge in [0.05, 0.1) is 16.9 Å². The first-order valence-corrected chi connectivity index (χ1v) is 9.96. The van der Waals surface area contributed by atoms with Crippen molar-refractivity contribution in [1.82, 2.24) is 4.90 Å². The molecule has 1 aromatic carbocycles. The van der Waals surface area contributed by atoms with Crippen LogP contribution in [0.5, 0.6) is 0 Å². The minimum absolute atomic E-state index is 0.0483. The molecule has 0 aromatic heterocycles. The molecule has 1 aromatic rings. The summed E-state index contributed by atoms with van der Waals surface area (Å²) in [6.07, 6.45) is 2.18. The van der Waals surface area contributed by atoms with Crippen LogP contribution in [0.1, 0.15) is 19.3 Å². The number of carboxylic acids is 1. The fraction of sp³-hybridized carbons (Fsp3) is 0.500. The van der Waals surface area contributed by atoms with E-state index in [9.17, 15) is 19.5 Å². The monoisotopic (exact) mass is 394 g/mol. The number of nitrogens with one attached hydrogen (secondary N) is 1. The molecule has 3 atom stereocenters. The van der Waals surface area contributed by atoms with Gasteiger partial charge in [-0.15, -0.1) is 11.8 Å². The van der Waals surface area contributed by atoms with E-state index >= 15 is 0 Å². The Morgan fingerprint density at radius 1 is 1.31 bits per heavy atom. The number of halogens is 1. The highest BCUT2D eigenvalue weighted by atomic mass is 35.5. The number of amides is 2. The Morgan fingerprint density at radius 3 is 2.77 bits per heavy atom. The summed E-state index contributed by atoms with van der Waals surface area (Å²) in [5, 5.41) is 12.3. The number of anilines is 1. The molecule has 2 N–H and O–H groups in total. The predicted octanol–water partition coefficient (Wildman–Crippen LogP) is 2.71. The van der Waals surface area contributed by atoms with Crippen LogP contribution in [0.25, 0.3) is 0 Å². The largest absolute Gasteiger partial charge is 0.481 e. The van der Waals surface area contributed by atoms with Crippen LogP contribution in [0, 0.1) is 17.8 Å². The second-order valence-corrected chi connectivity index (χ2v) is 8.87. The van der Waals surface area contributed by atoms with Crippen molar-refractivity contribution in [2.45, 2.75) is 29.4 Å². The highest BCUT2D eigenvalue weighted by Crippen LogP contribution is 2.44. The van der Waals surface area contributed by atoms with Crippen LogP contribution in [0.15, 0.2) is 23.1 Å². The van der Waals surface area contributed by atoms with E-state index in [1.807, 2.05) is 6.07 Å². The molecule has 8 heteroatoms. The summed E-state index contributed by atoms with van der Waals surface area (Å²) in [4.78, 5) is 39.1. The fourth-order valence-electron chi connectivity index (χ4n) is 3.84. The van der Waals surface area contributed by atoms with Gasteiger partial charge in [0.15, 0.2) is 0 Å². The lowest BCUT2D eigenvalue weighted by Crippen LogP contribution is -2.37. The standard InChI is InChI=1S/C18H19ClN2O4S/c19-10-3-4-14-13(5-10)20-17(23)15(26-14)6-16(22)21-7-11(9-1-2-9)12(8-21)18(24)25/h3-5,9,11-12,15H,1-2,6-8H2,(H,20,23)(H,24,25)/t11-,12+,15?/m1/s1. The van der Waals surface area contributed by atoms with Crippen molar-refractivity contribution in [3.05, 3.63) is 23.2 Å². The molecule has 2 fully saturated rings. The minimum atomic E-state index is -0.826. The van der Waals surface area contributed by atoms with Crippen molar-refractivity contribution < 1.29 is 19.5 Å². The number of nitrogens with zero attached hydrogens (tertiary/aromatic N) is 1. The Labute approximate surface area is 160 Å². The first-order valence-electron chi connectivity index (χ1n) is 8.70. The van der Waals surface area contributed by atoms with Gasteiger partial charge in [-0.2, -0.15) is 0 Å². The van der Waals surface area contributed by atoms with Crippen molar-refractivity contribution in [1.29, 1.82) is 0 Å². The van der Waals surface area contributed by atoms with Crippen LogP contribution in [0.4, 0.5) is 5.69 Å². The summed E-state index contributed by atoms with van der Waals surface area (Å²) in [5.74, 6) is -1.20. The molecular formula is C18H19ClN2O4S. The number of aliphatic carboxylic acids is 1. The van der Waals surface area contributed by atoms with Crippen molar-refractivity contribution in [2.24, 2.45) is 17.8 Å². The quantitative estimate of drug-likeness (QED) is 0.819. The Hall–Kier alpha value is -1.73. The van der Waals surface area contributed by atoms with Crippen LogP contribution < -0.4 is 5.32 Å². The highest BCUT2D eigenvalue weighted by Gasteiger charge is 2.47. The molecule has 3 aliphatic rings. The van der Waals surface area contributed by atoms with Gasteiger partial charge in [0.1, 0.15) is 0 Å². The maximum Gasteiger partial charge on any atom is 0.308 e. The number of benzene rings is 1. The molecule has 4 rings (SSSR count). The Bertz CT molecular complexity index is 782. The molecule has 0 spiro atoms. The second-order valence-electron chi connectivity index (χ2n) is 7.19. The molecule has 2 heterocycles. The maximum absolute atomic E-state index is 12.7. The number of hydrogen-bond donors (Lipinski definition) is 2. The molecule has 1 unspecified atom stereocenters. The topological polar surface area (TPSA) is 86.7 Å². The smallest absolute Gasteiger partial charge is 0.308 e. The Kier molecular flexibility index (Phi) is 4.61. The van der Waals surface area contributed by atoms with Gasteiger partial charge in [-0.05, 0) is 42.9 Å². The summed E-state index contributed by atoms with van der Waals surface area (Å²) < 4.78 is 0. The van der Waals surface area contributed by atoms with Gasteiger partial charge >= 0.3 is 5.97 Å². The van der Waals surface area contributed by atoms with Crippen molar-refractivity contribution in [3.8, 4) is 0 Å². The average Bonchev–Trinajstić information content (AvgIpc) is 3.33. The number of hydrogen-bond acceptors (Lipinski definition) is 4. The molecule has 26 heavy (non-hydrogen) atoms. The normalized spacial score (nSPS) is 27.8. The summed E-state index contributed by atoms with van der Waals surface area (Å²) in [5.41, 5.74) is 0.664. The van der Waals surface area contributed by atoms with Crippen molar-refractivity contribution in [3.63, 3.8) is 0 Å². The minimum Gasteiger partial charge on any atom is -0.481 e. The molecule has 0 bridgehead atoms. The second kappa shape index (κ2) is 6.78. The third kappa shape index (κ3) is 3.42. The lowest BCUT2D eigenvalue weighted by Gasteiger charge is -2.25. The van der Waals surface area contributed by atoms with Gasteiger partial charge in [0, 0.05) is 29.4 Å². The zero-order valence-corrected chi connectivity index (χ0v) is 15.6. The third-order valence-electron chi connectivity index (χ3n) is 5.38. The molecule has 138 valence electrons. The van der Waals surface area contributed by atoms with Crippen LogP contribution in [0.3, 0.4) is 0 Å². The third-order valence-corrected chi connectivity index (χ3v) is 6.89. The summed E-state index contributed by atoms with van der Waals surface area (Å²) >= 11 is 7.30. The number of thioether (sulfide) groups is 1. The van der Waals surface area contributed by atoms with Crippen LogP contribution in [-0.4, -0.2) is 46.1 Å². The Morgan fingerprint density at radius 2 is 2.08 bits per heavy atom. The summed E-state index contributed by atoms with van der Waals surface area (Å²) in [6.45, 7) is 0.742. The highest BCUT2D eigenvalue weighted by molar-refractivity contribution is 8.01. The van der Waals surface area contributed by atoms with E-state index in [1.165, 1.54) is 11.8 Å². The first-order chi connectivity index (χ1) is 12.4. The van der Waals surface area contributed by atoms with Gasteiger partial charge < -0.3 is 15.3 Å². The lowest BCUT2D eigenvalue weighted by atomic mass is 9.92. The van der Waals surface area contributed by atoms with Crippen LogP contribution in [0.2, 0.25) is 5.02 Å². The predicted molar refractivity (Wildman–Crippen MR) is 98.3 cm³/mol. The first kappa shape index (κ1) is 17.7. The maximum atomic E-state index is 12.7. The van der Waals surface area contributed by atoms with E-state index in [0.717, 1.165) is 17.7 Å². The number of carbonyl (C=O) groups is 3. The van der Waals surface area contributed by atoms with Crippen molar-refractivity contribution >= 4 is 46.8 Å². The van der Waals surface area contributed by atoms with E-state index in [4.69, 9.17) is 11.6 Å². The molecule has 2 aliphatic heterocycles. The number of fused-ring (bicyclic) bond motifs is 1. The number of rotatable bonds is 4. The van der Waals surface area contributed by atoms with Gasteiger partial charge in [0.25, 0.3) is 0 Å². The fourth-order valence-corrected chi connectivity index (χ4v) is 5.09. The molecule has 6 nitrogen and oxygen atoms in total. The van der Waals surface area contributed by atoms with Gasteiger partial charge in [0.2, 0.25) is 11.8 Å². The zero-order chi connectivity index (χ0) is 18.4. The lowest BCUT2D eigenvalue weighted by molar-refractivity contribution is -0.142. The van der Waals surface area contributed by atoms with Crippen molar-refractivity contribution in [2.75, 3.05) is 18.4 Å². The molecule has 1 aliphatic carbocycles. The van der Waals surface area contributed by atoms with Crippen LogP contribution >= 0.6 is 23.4 Å². The Balaban J connectivity index is 1.42. The molecule has 2 amide bonds. The molecular weight excluding hydrogens is 376 g/mol. The van der Waals surface area contributed by atoms with E-state index < -0.39 is 17.1 Å². The average molecular weight is 395 g/mol. The van der Waals surface area contributed by atoms with E-state index in [-0.39, 0.29) is 30.7 Å². The van der Waals surface area contributed by atoms with E-state index in [0.29, 0.717) is 23.2 Å². The molecule has 1 saturated carbocycles. The van der Waals surface area contributed by atoms with Gasteiger partial charge in [-0.25, -0.2) is 0 Å². The molecule has 1 saturated heterocycles. The number of carbonyl (C=O) groups excluding carboxylic acids is 2. The van der Waals surface area contributed by atoms with Gasteiger partial charge in [-0.3, -0.25) is 14.4 Å². The van der Waals surface area contributed by atoms with E-state index in [2.05, 4.69) is 5.32 Å².